The molecule has 2 N–H and O–H groups in total. The zero-order chi connectivity index (χ0) is 12.1. The number of nitriles is 1. The summed E-state index contributed by atoms with van der Waals surface area (Å²) in [7, 11) is -0.430. The van der Waals surface area contributed by atoms with Gasteiger partial charge in [0, 0.05) is 0 Å². The molecule has 0 aromatic heterocycles. The Morgan fingerprint density at radius 1 is 1.56 bits per heavy atom. The smallest absolute Gasteiger partial charge is 0.465 e. The van der Waals surface area contributed by atoms with Crippen molar-refractivity contribution < 1.29 is 19.6 Å². The molecule has 1 rings (SSSR count). The van der Waals surface area contributed by atoms with Crippen molar-refractivity contribution in [1.82, 2.24) is 0 Å². The number of hydrogen-bond acceptors (Lipinski definition) is 5. The summed E-state index contributed by atoms with van der Waals surface area (Å²) in [5.41, 5.74) is 0.857. The second-order valence-corrected chi connectivity index (χ2v) is 3.12. The zero-order valence-electron chi connectivity index (χ0n) is 8.67. The van der Waals surface area contributed by atoms with Crippen molar-refractivity contribution in [1.29, 1.82) is 5.26 Å². The van der Waals surface area contributed by atoms with E-state index in [9.17, 15) is 4.79 Å². The predicted octanol–water partition coefficient (Wildman–Crippen LogP) is -0.781. The first kappa shape index (κ1) is 12.2. The van der Waals surface area contributed by atoms with Crippen LogP contribution in [0.3, 0.4) is 0 Å². The monoisotopic (exact) mass is 219 g/mol. The molecule has 1 aromatic rings. The maximum absolute atomic E-state index is 11.4. The maximum atomic E-state index is 11.4. The number of methoxy groups -OCH3 is 1. The van der Waals surface area contributed by atoms with Gasteiger partial charge in [-0.25, -0.2) is 4.79 Å². The molecule has 0 aliphatic heterocycles. The average Bonchev–Trinajstić information content (AvgIpc) is 2.28. The predicted molar refractivity (Wildman–Crippen MR) is 56.9 cm³/mol. The van der Waals surface area contributed by atoms with E-state index in [0.717, 1.165) is 0 Å². The third kappa shape index (κ3) is 2.60. The number of ether oxygens (including phenoxy) is 1. The van der Waals surface area contributed by atoms with Crippen molar-refractivity contribution in [3.63, 3.8) is 0 Å². The van der Waals surface area contributed by atoms with Crippen LogP contribution in [0, 0.1) is 11.3 Å². The second kappa shape index (κ2) is 5.30. The quantitative estimate of drug-likeness (QED) is 0.514. The minimum absolute atomic E-state index is 0.0617. The van der Waals surface area contributed by atoms with Crippen molar-refractivity contribution >= 4 is 18.6 Å². The van der Waals surface area contributed by atoms with Crippen LogP contribution in [-0.2, 0) is 11.2 Å². The van der Waals surface area contributed by atoms with Gasteiger partial charge in [0.25, 0.3) is 0 Å². The molecular weight excluding hydrogens is 209 g/mol. The van der Waals surface area contributed by atoms with E-state index in [-0.39, 0.29) is 17.4 Å². The third-order valence-electron chi connectivity index (χ3n) is 2.11. The van der Waals surface area contributed by atoms with Gasteiger partial charge in [-0.15, -0.1) is 0 Å². The topological polar surface area (TPSA) is 90.6 Å². The summed E-state index contributed by atoms with van der Waals surface area (Å²) in [5, 5.41) is 26.5. The molecule has 0 heterocycles. The highest BCUT2D eigenvalue weighted by Gasteiger charge is 2.17. The number of carbonyl (C=O) groups excluding carboxylic acids is 1. The average molecular weight is 219 g/mol. The normalized spacial score (nSPS) is 9.38. The van der Waals surface area contributed by atoms with Gasteiger partial charge in [-0.2, -0.15) is 5.26 Å². The van der Waals surface area contributed by atoms with Gasteiger partial charge in [0.1, 0.15) is 0 Å². The van der Waals surface area contributed by atoms with Gasteiger partial charge in [-0.3, -0.25) is 0 Å². The molecule has 82 valence electrons. The summed E-state index contributed by atoms with van der Waals surface area (Å²) in [6, 6.07) is 6.18. The van der Waals surface area contributed by atoms with E-state index < -0.39 is 13.1 Å². The van der Waals surface area contributed by atoms with Gasteiger partial charge in [0.2, 0.25) is 0 Å². The number of rotatable bonds is 3. The van der Waals surface area contributed by atoms with Crippen molar-refractivity contribution in [3.8, 4) is 6.07 Å². The molecule has 0 unspecified atom stereocenters. The van der Waals surface area contributed by atoms with E-state index in [1.54, 1.807) is 0 Å². The van der Waals surface area contributed by atoms with Gasteiger partial charge >= 0.3 is 13.1 Å². The van der Waals surface area contributed by atoms with Gasteiger partial charge in [0.15, 0.2) is 0 Å². The van der Waals surface area contributed by atoms with Crippen LogP contribution in [0.5, 0.6) is 0 Å². The Bertz CT molecular complexity index is 439. The van der Waals surface area contributed by atoms with Crippen LogP contribution in [-0.4, -0.2) is 30.2 Å². The van der Waals surface area contributed by atoms with E-state index in [4.69, 9.17) is 15.3 Å². The lowest BCUT2D eigenvalue weighted by Gasteiger charge is -2.07. The summed E-state index contributed by atoms with van der Waals surface area (Å²) in [5.74, 6) is -0.604. The summed E-state index contributed by atoms with van der Waals surface area (Å²) >= 11 is 0. The Hall–Kier alpha value is -1.84. The minimum atomic E-state index is -1.65. The van der Waals surface area contributed by atoms with Crippen molar-refractivity contribution in [2.24, 2.45) is 0 Å². The standard InChI is InChI=1S/C10H10BNO4/c1-16-10(13)9-6-8(11(14)15)3-2-7(9)4-5-12/h2-3,6,14-15H,4H2,1H3. The second-order valence-electron chi connectivity index (χ2n) is 3.12. The number of nitrogens with zero attached hydrogens (tertiary/aromatic N) is 1. The third-order valence-corrected chi connectivity index (χ3v) is 2.11. The number of hydrogen-bond donors (Lipinski definition) is 2. The summed E-state index contributed by atoms with van der Waals surface area (Å²) < 4.78 is 4.55. The van der Waals surface area contributed by atoms with E-state index in [2.05, 4.69) is 4.74 Å². The Morgan fingerprint density at radius 3 is 2.75 bits per heavy atom. The van der Waals surface area contributed by atoms with Crippen LogP contribution in [0.2, 0.25) is 0 Å². The SMILES string of the molecule is COC(=O)c1cc(B(O)O)ccc1CC#N. The van der Waals surface area contributed by atoms with Crippen LogP contribution in [0.25, 0.3) is 0 Å². The van der Waals surface area contributed by atoms with Gasteiger partial charge in [-0.1, -0.05) is 12.1 Å². The van der Waals surface area contributed by atoms with E-state index in [1.165, 1.54) is 25.3 Å². The molecule has 16 heavy (non-hydrogen) atoms. The Kier molecular flexibility index (Phi) is 4.06. The van der Waals surface area contributed by atoms with E-state index in [0.29, 0.717) is 5.56 Å². The molecule has 0 saturated carbocycles. The lowest BCUT2D eigenvalue weighted by atomic mass is 9.78. The van der Waals surface area contributed by atoms with E-state index >= 15 is 0 Å². The molecule has 0 aliphatic rings. The van der Waals surface area contributed by atoms with Crippen LogP contribution >= 0.6 is 0 Å². The fourth-order valence-corrected chi connectivity index (χ4v) is 1.29. The van der Waals surface area contributed by atoms with Crippen LogP contribution in [0.1, 0.15) is 15.9 Å². The zero-order valence-corrected chi connectivity index (χ0v) is 8.67. The highest BCUT2D eigenvalue weighted by Crippen LogP contribution is 2.09. The fraction of sp³-hybridized carbons (Fsp3) is 0.200. The number of benzene rings is 1. The Balaban J connectivity index is 3.22. The van der Waals surface area contributed by atoms with Crippen LogP contribution in [0.15, 0.2) is 18.2 Å². The van der Waals surface area contributed by atoms with Crippen molar-refractivity contribution in [3.05, 3.63) is 29.3 Å². The van der Waals surface area contributed by atoms with Gasteiger partial charge in [-0.05, 0) is 17.1 Å². The molecule has 0 atom stereocenters. The molecule has 1 aromatic carbocycles. The van der Waals surface area contributed by atoms with Gasteiger partial charge < -0.3 is 14.8 Å². The molecular formula is C10H10BNO4. The molecule has 6 heteroatoms. The largest absolute Gasteiger partial charge is 0.488 e. The van der Waals surface area contributed by atoms with Crippen molar-refractivity contribution in [2.45, 2.75) is 6.42 Å². The summed E-state index contributed by atoms with van der Waals surface area (Å²) in [6.07, 6.45) is 0.0617. The molecule has 5 nitrogen and oxygen atoms in total. The lowest BCUT2D eigenvalue weighted by Crippen LogP contribution is -2.30. The molecule has 0 bridgehead atoms. The first-order chi connectivity index (χ1) is 7.60. The minimum Gasteiger partial charge on any atom is -0.465 e. The molecule has 0 spiro atoms. The molecule has 0 radical (unpaired) electrons. The van der Waals surface area contributed by atoms with Gasteiger partial charge in [0.05, 0.1) is 25.2 Å². The lowest BCUT2D eigenvalue weighted by molar-refractivity contribution is 0.0600. The highest BCUT2D eigenvalue weighted by atomic mass is 16.5. The summed E-state index contributed by atoms with van der Waals surface area (Å²) in [4.78, 5) is 11.4. The highest BCUT2D eigenvalue weighted by molar-refractivity contribution is 6.58. The maximum Gasteiger partial charge on any atom is 0.488 e. The Morgan fingerprint density at radius 2 is 2.25 bits per heavy atom. The molecule has 0 saturated heterocycles. The molecule has 0 amide bonds. The summed E-state index contributed by atoms with van der Waals surface area (Å²) in [6.45, 7) is 0. The fourth-order valence-electron chi connectivity index (χ4n) is 1.29. The van der Waals surface area contributed by atoms with Crippen LogP contribution in [0.4, 0.5) is 0 Å². The van der Waals surface area contributed by atoms with E-state index in [1.807, 2.05) is 6.07 Å². The first-order valence-corrected chi connectivity index (χ1v) is 4.54. The van der Waals surface area contributed by atoms with Crippen molar-refractivity contribution in [2.75, 3.05) is 7.11 Å². The Labute approximate surface area is 93.0 Å². The first-order valence-electron chi connectivity index (χ1n) is 4.54. The molecule has 0 fully saturated rings. The number of carbonyl (C=O) groups is 1. The number of esters is 1. The van der Waals surface area contributed by atoms with Crippen LogP contribution < -0.4 is 5.46 Å². The molecule has 0 aliphatic carbocycles.